The molecule has 25 heavy (non-hydrogen) atoms. The number of fused-ring (bicyclic) bond motifs is 3. The van der Waals surface area contributed by atoms with Crippen LogP contribution in [0.1, 0.15) is 19.8 Å². The molecule has 2 bridgehead atoms. The van der Waals surface area contributed by atoms with Crippen molar-refractivity contribution in [3.05, 3.63) is 24.3 Å². The summed E-state index contributed by atoms with van der Waals surface area (Å²) in [5.74, 6) is 3.46. The molecule has 0 spiro atoms. The van der Waals surface area contributed by atoms with Gasteiger partial charge < -0.3 is 5.32 Å². The zero-order valence-corrected chi connectivity index (χ0v) is 15.1. The molecule has 0 aromatic heterocycles. The van der Waals surface area contributed by atoms with E-state index in [0.717, 1.165) is 25.9 Å². The Morgan fingerprint density at radius 2 is 2.08 bits per heavy atom. The van der Waals surface area contributed by atoms with Crippen molar-refractivity contribution in [2.24, 2.45) is 11.8 Å². The first-order chi connectivity index (χ1) is 11.9. The lowest BCUT2D eigenvalue weighted by Crippen LogP contribution is -2.56. The molecule has 3 aliphatic heterocycles. The number of hydrogen-bond acceptors (Lipinski definition) is 4. The highest BCUT2D eigenvalue weighted by Crippen LogP contribution is 2.35. The first kappa shape index (κ1) is 17.9. The number of nitrogens with zero attached hydrogens (tertiary/aromatic N) is 1. The summed E-state index contributed by atoms with van der Waals surface area (Å²) in [5.41, 5.74) is 0.572. The van der Waals surface area contributed by atoms with Gasteiger partial charge in [-0.1, -0.05) is 0 Å². The summed E-state index contributed by atoms with van der Waals surface area (Å²) in [5, 5.41) is 2.62. The summed E-state index contributed by atoms with van der Waals surface area (Å²) >= 11 is 0. The van der Waals surface area contributed by atoms with Gasteiger partial charge in [-0.3, -0.25) is 9.69 Å². The van der Waals surface area contributed by atoms with E-state index < -0.39 is 10.0 Å². The van der Waals surface area contributed by atoms with Crippen LogP contribution < -0.4 is 10.0 Å². The van der Waals surface area contributed by atoms with Crippen LogP contribution in [0.15, 0.2) is 29.2 Å². The first-order valence-corrected chi connectivity index (χ1v) is 9.95. The fourth-order valence-electron chi connectivity index (χ4n) is 3.75. The van der Waals surface area contributed by atoms with Gasteiger partial charge in [0.1, 0.15) is 0 Å². The van der Waals surface area contributed by atoms with Gasteiger partial charge in [0.25, 0.3) is 0 Å². The van der Waals surface area contributed by atoms with Crippen LogP contribution in [-0.2, 0) is 14.8 Å². The van der Waals surface area contributed by atoms with Crippen molar-refractivity contribution < 1.29 is 13.2 Å². The molecule has 134 valence electrons. The van der Waals surface area contributed by atoms with Gasteiger partial charge in [-0.2, -0.15) is 0 Å². The van der Waals surface area contributed by atoms with Crippen molar-refractivity contribution in [2.45, 2.75) is 30.7 Å². The van der Waals surface area contributed by atoms with E-state index in [1.54, 1.807) is 12.1 Å². The van der Waals surface area contributed by atoms with Gasteiger partial charge in [0, 0.05) is 37.7 Å². The molecular weight excluding hydrogens is 338 g/mol. The monoisotopic (exact) mass is 361 g/mol. The Hall–Kier alpha value is -1.88. The highest BCUT2D eigenvalue weighted by molar-refractivity contribution is 7.89. The van der Waals surface area contributed by atoms with Crippen LogP contribution >= 0.6 is 0 Å². The number of anilines is 1. The van der Waals surface area contributed by atoms with Crippen molar-refractivity contribution in [1.82, 2.24) is 9.62 Å². The predicted octanol–water partition coefficient (Wildman–Crippen LogP) is 1.27. The standard InChI is InChI=1S/C18H23N3O3S/c1-3-14-12-21-9-8-15(14)10-17(21)11-19-25(23,24)18-6-4-16(5-7-18)20-13(2)22/h1,4-7,14-15,17,19H,8-12H2,2H3,(H,20,22). The lowest BCUT2D eigenvalue weighted by Gasteiger charge is -2.48. The molecule has 0 radical (unpaired) electrons. The maximum atomic E-state index is 12.5. The number of sulfonamides is 1. The molecule has 3 fully saturated rings. The Morgan fingerprint density at radius 1 is 1.36 bits per heavy atom. The van der Waals surface area contributed by atoms with Gasteiger partial charge in [-0.15, -0.1) is 12.3 Å². The van der Waals surface area contributed by atoms with E-state index in [9.17, 15) is 13.2 Å². The topological polar surface area (TPSA) is 78.5 Å². The minimum Gasteiger partial charge on any atom is -0.326 e. The molecule has 3 heterocycles. The maximum absolute atomic E-state index is 12.5. The predicted molar refractivity (Wildman–Crippen MR) is 96.3 cm³/mol. The van der Waals surface area contributed by atoms with Crippen molar-refractivity contribution in [3.63, 3.8) is 0 Å². The molecule has 7 heteroatoms. The maximum Gasteiger partial charge on any atom is 0.240 e. The Labute approximate surface area is 149 Å². The number of hydrogen-bond donors (Lipinski definition) is 2. The van der Waals surface area contributed by atoms with E-state index in [-0.39, 0.29) is 16.8 Å². The van der Waals surface area contributed by atoms with Crippen LogP contribution in [0.2, 0.25) is 0 Å². The number of carbonyl (C=O) groups excluding carboxylic acids is 1. The number of piperidine rings is 3. The SMILES string of the molecule is C#CC1CN2CCC1CC2CNS(=O)(=O)c1ccc(NC(C)=O)cc1. The van der Waals surface area contributed by atoms with Gasteiger partial charge in [0.05, 0.1) is 4.90 Å². The van der Waals surface area contributed by atoms with Crippen LogP contribution in [0.3, 0.4) is 0 Å². The Balaban J connectivity index is 1.61. The fraction of sp³-hybridized carbons (Fsp3) is 0.500. The minimum atomic E-state index is -3.57. The zero-order valence-electron chi connectivity index (χ0n) is 14.2. The average Bonchev–Trinajstić information content (AvgIpc) is 2.60. The van der Waals surface area contributed by atoms with Gasteiger partial charge in [-0.25, -0.2) is 13.1 Å². The zero-order chi connectivity index (χ0) is 18.0. The van der Waals surface area contributed by atoms with Crippen molar-refractivity contribution in [2.75, 3.05) is 25.0 Å². The number of benzene rings is 1. The quantitative estimate of drug-likeness (QED) is 0.774. The number of nitrogens with one attached hydrogen (secondary N) is 2. The van der Waals surface area contributed by atoms with E-state index in [0.29, 0.717) is 24.1 Å². The summed E-state index contributed by atoms with van der Waals surface area (Å²) < 4.78 is 27.7. The third-order valence-electron chi connectivity index (χ3n) is 5.09. The third-order valence-corrected chi connectivity index (χ3v) is 6.53. The second-order valence-electron chi connectivity index (χ2n) is 6.76. The second-order valence-corrected chi connectivity index (χ2v) is 8.53. The lowest BCUT2D eigenvalue weighted by atomic mass is 9.76. The highest BCUT2D eigenvalue weighted by Gasteiger charge is 2.39. The van der Waals surface area contributed by atoms with E-state index in [1.807, 2.05) is 0 Å². The van der Waals surface area contributed by atoms with Crippen LogP contribution in [0.5, 0.6) is 0 Å². The van der Waals surface area contributed by atoms with Crippen LogP contribution in [0.4, 0.5) is 5.69 Å². The first-order valence-electron chi connectivity index (χ1n) is 8.46. The number of terminal acetylenes is 1. The molecule has 4 rings (SSSR count). The summed E-state index contributed by atoms with van der Waals surface area (Å²) in [6, 6.07) is 6.36. The number of amides is 1. The van der Waals surface area contributed by atoms with Crippen LogP contribution in [0, 0.1) is 24.2 Å². The summed E-state index contributed by atoms with van der Waals surface area (Å²) in [6.45, 7) is 3.65. The van der Waals surface area contributed by atoms with Crippen LogP contribution in [0.25, 0.3) is 0 Å². The summed E-state index contributed by atoms with van der Waals surface area (Å²) in [7, 11) is -3.57. The molecule has 1 amide bonds. The molecule has 1 aromatic rings. The Kier molecular flexibility index (Phi) is 5.13. The van der Waals surface area contributed by atoms with Gasteiger partial charge >= 0.3 is 0 Å². The van der Waals surface area contributed by atoms with E-state index in [1.165, 1.54) is 19.1 Å². The van der Waals surface area contributed by atoms with Crippen molar-refractivity contribution >= 4 is 21.6 Å². The molecule has 0 aliphatic carbocycles. The molecule has 2 N–H and O–H groups in total. The largest absolute Gasteiger partial charge is 0.326 e. The molecule has 3 saturated heterocycles. The van der Waals surface area contributed by atoms with Crippen molar-refractivity contribution in [3.8, 4) is 12.3 Å². The number of rotatable bonds is 5. The average molecular weight is 361 g/mol. The minimum absolute atomic E-state index is 0.194. The lowest BCUT2D eigenvalue weighted by molar-refractivity contribution is -0.114. The molecule has 4 unspecified atom stereocenters. The smallest absolute Gasteiger partial charge is 0.240 e. The molecule has 1 aromatic carbocycles. The van der Waals surface area contributed by atoms with E-state index in [2.05, 4.69) is 20.9 Å². The second kappa shape index (κ2) is 7.16. The normalized spacial score (nSPS) is 28.3. The third kappa shape index (κ3) is 4.03. The number of carbonyl (C=O) groups is 1. The molecule has 4 atom stereocenters. The molecule has 3 aliphatic rings. The highest BCUT2D eigenvalue weighted by atomic mass is 32.2. The van der Waals surface area contributed by atoms with Gasteiger partial charge in [-0.05, 0) is 49.6 Å². The van der Waals surface area contributed by atoms with E-state index in [4.69, 9.17) is 6.42 Å². The van der Waals surface area contributed by atoms with Crippen LogP contribution in [-0.4, -0.2) is 44.9 Å². The van der Waals surface area contributed by atoms with Crippen molar-refractivity contribution in [1.29, 1.82) is 0 Å². The van der Waals surface area contributed by atoms with Gasteiger partial charge in [0.15, 0.2) is 0 Å². The van der Waals surface area contributed by atoms with E-state index >= 15 is 0 Å². The Bertz CT molecular complexity index is 783. The fourth-order valence-corrected chi connectivity index (χ4v) is 4.82. The molecular formula is C18H23N3O3S. The Morgan fingerprint density at radius 3 is 2.64 bits per heavy atom. The molecule has 6 nitrogen and oxygen atoms in total. The molecule has 0 saturated carbocycles. The summed E-state index contributed by atoms with van der Waals surface area (Å²) in [4.78, 5) is 13.5. The summed E-state index contributed by atoms with van der Waals surface area (Å²) in [6.07, 6.45) is 7.63. The van der Waals surface area contributed by atoms with Gasteiger partial charge in [0.2, 0.25) is 15.9 Å².